The minimum absolute atomic E-state index is 0.730. The van der Waals surface area contributed by atoms with E-state index in [9.17, 15) is 0 Å². The number of aromatic nitrogens is 1. The molecule has 0 amide bonds. The molecule has 1 aromatic heterocycles. The second-order valence-corrected chi connectivity index (χ2v) is 5.98. The topological polar surface area (TPSA) is 40.8 Å². The van der Waals surface area contributed by atoms with Crippen LogP contribution in [0.1, 0.15) is 30.5 Å². The Morgan fingerprint density at radius 1 is 1.59 bits per heavy atom. The summed E-state index contributed by atoms with van der Waals surface area (Å²) in [5.74, 6) is 1.32. The van der Waals surface area contributed by atoms with E-state index in [1.165, 1.54) is 30.6 Å². The molecule has 1 saturated heterocycles. The highest BCUT2D eigenvalue weighted by molar-refractivity contribution is 7.99. The minimum Gasteiger partial charge on any atom is -0.342 e. The fourth-order valence-electron chi connectivity index (χ4n) is 2.19. The van der Waals surface area contributed by atoms with Gasteiger partial charge in [-0.2, -0.15) is 17.0 Å². The molecule has 4 heteroatoms. The zero-order valence-electron chi connectivity index (χ0n) is 10.3. The molecule has 1 aliphatic heterocycles. The molecule has 2 rings (SSSR count). The zero-order valence-corrected chi connectivity index (χ0v) is 11.1. The van der Waals surface area contributed by atoms with Crippen LogP contribution in [0, 0.1) is 11.3 Å². The number of nitrogens with one attached hydrogen (secondary N) is 1. The average molecular weight is 249 g/mol. The lowest BCUT2D eigenvalue weighted by atomic mass is 10.2. The molecule has 0 aromatic carbocycles. The van der Waals surface area contributed by atoms with E-state index in [0.29, 0.717) is 0 Å². The van der Waals surface area contributed by atoms with Crippen molar-refractivity contribution in [3.8, 4) is 6.07 Å². The summed E-state index contributed by atoms with van der Waals surface area (Å²) >= 11 is 2.09. The van der Waals surface area contributed by atoms with E-state index in [2.05, 4.69) is 23.1 Å². The Morgan fingerprint density at radius 2 is 2.47 bits per heavy atom. The summed E-state index contributed by atoms with van der Waals surface area (Å²) in [5, 5.41) is 13.1. The number of aryl methyl sites for hydroxylation is 1. The molecule has 0 saturated carbocycles. The summed E-state index contributed by atoms with van der Waals surface area (Å²) in [4.78, 5) is 0. The van der Waals surface area contributed by atoms with Crippen LogP contribution in [0.3, 0.4) is 0 Å². The fourth-order valence-corrected chi connectivity index (χ4v) is 3.46. The van der Waals surface area contributed by atoms with Crippen LogP contribution in [0.5, 0.6) is 0 Å². The lowest BCUT2D eigenvalue weighted by molar-refractivity contribution is 0.597. The van der Waals surface area contributed by atoms with Crippen molar-refractivity contribution in [2.75, 3.05) is 12.3 Å². The first-order chi connectivity index (χ1) is 8.29. The van der Waals surface area contributed by atoms with Gasteiger partial charge in [-0.25, -0.2) is 0 Å². The van der Waals surface area contributed by atoms with Gasteiger partial charge in [-0.05, 0) is 30.2 Å². The van der Waals surface area contributed by atoms with Gasteiger partial charge in [0.15, 0.2) is 0 Å². The largest absolute Gasteiger partial charge is 0.342 e. The minimum atomic E-state index is 0.730. The van der Waals surface area contributed by atoms with Crippen LogP contribution in [-0.2, 0) is 13.6 Å². The first-order valence-electron chi connectivity index (χ1n) is 6.17. The Bertz CT molecular complexity index is 399. The first-order valence-corrected chi connectivity index (χ1v) is 7.22. The predicted molar refractivity (Wildman–Crippen MR) is 71.9 cm³/mol. The molecule has 1 N–H and O–H groups in total. The number of thioether (sulfide) groups is 1. The molecule has 0 bridgehead atoms. The molecule has 1 aliphatic rings. The highest BCUT2D eigenvalue weighted by Crippen LogP contribution is 2.24. The van der Waals surface area contributed by atoms with E-state index >= 15 is 0 Å². The van der Waals surface area contributed by atoms with Gasteiger partial charge in [-0.3, -0.25) is 0 Å². The van der Waals surface area contributed by atoms with Crippen LogP contribution in [0.4, 0.5) is 0 Å². The maximum atomic E-state index is 8.87. The highest BCUT2D eigenvalue weighted by atomic mass is 32.2. The monoisotopic (exact) mass is 249 g/mol. The van der Waals surface area contributed by atoms with Crippen molar-refractivity contribution in [3.05, 3.63) is 23.5 Å². The predicted octanol–water partition coefficient (Wildman–Crippen LogP) is 2.27. The molecule has 0 radical (unpaired) electrons. The summed E-state index contributed by atoms with van der Waals surface area (Å²) in [6, 6.07) is 4.15. The molecule has 1 aromatic rings. The maximum absolute atomic E-state index is 8.87. The maximum Gasteiger partial charge on any atom is 0.120 e. The van der Waals surface area contributed by atoms with Crippen LogP contribution in [0.15, 0.2) is 12.3 Å². The summed E-state index contributed by atoms with van der Waals surface area (Å²) in [6.45, 7) is 1.95. The van der Waals surface area contributed by atoms with Gasteiger partial charge in [0.05, 0.1) is 0 Å². The Hall–Kier alpha value is -0.920. The number of hydrogen-bond acceptors (Lipinski definition) is 3. The van der Waals surface area contributed by atoms with Crippen LogP contribution < -0.4 is 5.32 Å². The van der Waals surface area contributed by atoms with Crippen LogP contribution in [0.2, 0.25) is 0 Å². The molecule has 3 nitrogen and oxygen atoms in total. The second kappa shape index (κ2) is 6.13. The Balaban J connectivity index is 1.75. The standard InChI is InChI=1S/C13H19N3S/c1-16-10-11(6-12(16)7-14)8-15-9-13-4-2-3-5-17-13/h6,10,13,15H,2-5,8-9H2,1H3. The van der Waals surface area contributed by atoms with E-state index in [1.54, 1.807) is 0 Å². The zero-order chi connectivity index (χ0) is 12.1. The lowest BCUT2D eigenvalue weighted by Gasteiger charge is -2.21. The lowest BCUT2D eigenvalue weighted by Crippen LogP contribution is -2.26. The van der Waals surface area contributed by atoms with Gasteiger partial charge in [-0.15, -0.1) is 0 Å². The van der Waals surface area contributed by atoms with Crippen molar-refractivity contribution in [2.45, 2.75) is 31.1 Å². The Kier molecular flexibility index (Phi) is 4.52. The smallest absolute Gasteiger partial charge is 0.120 e. The molecule has 2 heterocycles. The summed E-state index contributed by atoms with van der Waals surface area (Å²) in [7, 11) is 1.92. The molecule has 1 atom stereocenters. The third-order valence-electron chi connectivity index (χ3n) is 3.15. The van der Waals surface area contributed by atoms with Gasteiger partial charge in [0, 0.05) is 31.6 Å². The van der Waals surface area contributed by atoms with Crippen molar-refractivity contribution >= 4 is 11.8 Å². The number of nitrogens with zero attached hydrogens (tertiary/aromatic N) is 2. The normalized spacial score (nSPS) is 20.1. The van der Waals surface area contributed by atoms with Crippen molar-refractivity contribution in [3.63, 3.8) is 0 Å². The number of rotatable bonds is 4. The third-order valence-corrected chi connectivity index (χ3v) is 4.55. The fraction of sp³-hybridized carbons (Fsp3) is 0.615. The average Bonchev–Trinajstić information content (AvgIpc) is 2.71. The Labute approximate surface area is 107 Å². The molecule has 1 unspecified atom stereocenters. The Morgan fingerprint density at radius 3 is 3.12 bits per heavy atom. The van der Waals surface area contributed by atoms with Crippen molar-refractivity contribution in [2.24, 2.45) is 7.05 Å². The van der Waals surface area contributed by atoms with Crippen LogP contribution >= 0.6 is 11.8 Å². The quantitative estimate of drug-likeness (QED) is 0.890. The van der Waals surface area contributed by atoms with Crippen molar-refractivity contribution < 1.29 is 0 Å². The van der Waals surface area contributed by atoms with Crippen LogP contribution in [0.25, 0.3) is 0 Å². The van der Waals surface area contributed by atoms with Crippen molar-refractivity contribution in [1.82, 2.24) is 9.88 Å². The molecular weight excluding hydrogens is 230 g/mol. The number of nitriles is 1. The molecule has 1 fully saturated rings. The molecule has 0 aliphatic carbocycles. The van der Waals surface area contributed by atoms with Gasteiger partial charge < -0.3 is 9.88 Å². The van der Waals surface area contributed by atoms with E-state index in [1.807, 2.05) is 23.9 Å². The number of hydrogen-bond donors (Lipinski definition) is 1. The summed E-state index contributed by atoms with van der Waals surface area (Å²) in [6.07, 6.45) is 6.13. The van der Waals surface area contributed by atoms with Crippen LogP contribution in [-0.4, -0.2) is 22.1 Å². The van der Waals surface area contributed by atoms with E-state index in [0.717, 1.165) is 24.0 Å². The van der Waals surface area contributed by atoms with Gasteiger partial charge in [-0.1, -0.05) is 6.42 Å². The van der Waals surface area contributed by atoms with Crippen molar-refractivity contribution in [1.29, 1.82) is 5.26 Å². The van der Waals surface area contributed by atoms with E-state index in [4.69, 9.17) is 5.26 Å². The first kappa shape index (κ1) is 12.5. The van der Waals surface area contributed by atoms with E-state index < -0.39 is 0 Å². The van der Waals surface area contributed by atoms with Gasteiger partial charge in [0.25, 0.3) is 0 Å². The molecule has 17 heavy (non-hydrogen) atoms. The van der Waals surface area contributed by atoms with Gasteiger partial charge in [0.1, 0.15) is 11.8 Å². The molecule has 92 valence electrons. The van der Waals surface area contributed by atoms with E-state index in [-0.39, 0.29) is 0 Å². The molecular formula is C13H19N3S. The third kappa shape index (κ3) is 3.52. The second-order valence-electron chi connectivity index (χ2n) is 4.58. The summed E-state index contributed by atoms with van der Waals surface area (Å²) < 4.78 is 1.88. The van der Waals surface area contributed by atoms with Gasteiger partial charge >= 0.3 is 0 Å². The van der Waals surface area contributed by atoms with Gasteiger partial charge in [0.2, 0.25) is 0 Å². The SMILES string of the molecule is Cn1cc(CNCC2CCCCS2)cc1C#N. The summed E-state index contributed by atoms with van der Waals surface area (Å²) in [5.41, 5.74) is 1.93. The highest BCUT2D eigenvalue weighted by Gasteiger charge is 2.13. The molecule has 0 spiro atoms.